The molecule has 0 saturated heterocycles. The first-order valence-electron chi connectivity index (χ1n) is 7.72. The van der Waals surface area contributed by atoms with Crippen LogP contribution in [-0.2, 0) is 0 Å². The lowest BCUT2D eigenvalue weighted by atomic mass is 10.1. The van der Waals surface area contributed by atoms with Crippen LogP contribution in [0.4, 0.5) is 0 Å². The van der Waals surface area contributed by atoms with E-state index in [0.717, 1.165) is 11.0 Å². The molecule has 6 nitrogen and oxygen atoms in total. The maximum atomic E-state index is 12.7. The van der Waals surface area contributed by atoms with Crippen molar-refractivity contribution in [1.29, 1.82) is 5.26 Å². The Morgan fingerprint density at radius 3 is 2.52 bits per heavy atom. The van der Waals surface area contributed by atoms with E-state index in [1.165, 1.54) is 4.68 Å². The van der Waals surface area contributed by atoms with E-state index >= 15 is 0 Å². The third-order valence-corrected chi connectivity index (χ3v) is 4.11. The second-order valence-corrected chi connectivity index (χ2v) is 5.59. The summed E-state index contributed by atoms with van der Waals surface area (Å²) in [6.45, 7) is 1.73. The summed E-state index contributed by atoms with van der Waals surface area (Å²) in [7, 11) is 0. The van der Waals surface area contributed by atoms with E-state index in [4.69, 9.17) is 0 Å². The number of benzene rings is 2. The first kappa shape index (κ1) is 14.8. The standard InChI is InChI=1S/C19H13N5O/c1-13-15(11-20)19(25)24(14-7-3-2-4-8-14)22-18(13)23-12-21-16-9-5-6-10-17(16)23/h2-10,12H,1H3. The average Bonchev–Trinajstić information content (AvgIpc) is 3.07. The van der Waals surface area contributed by atoms with Gasteiger partial charge >= 0.3 is 0 Å². The molecular formula is C19H13N5O. The number of imidazole rings is 1. The van der Waals surface area contributed by atoms with E-state index in [1.807, 2.05) is 48.5 Å². The zero-order valence-electron chi connectivity index (χ0n) is 13.4. The Bertz CT molecular complexity index is 1180. The van der Waals surface area contributed by atoms with Crippen molar-refractivity contribution in [3.05, 3.63) is 82.4 Å². The fraction of sp³-hybridized carbons (Fsp3) is 0.0526. The molecule has 0 unspecified atom stereocenters. The van der Waals surface area contributed by atoms with E-state index < -0.39 is 5.56 Å². The highest BCUT2D eigenvalue weighted by Gasteiger charge is 2.17. The first-order chi connectivity index (χ1) is 12.2. The molecule has 2 aromatic carbocycles. The SMILES string of the molecule is Cc1c(-n2cnc3ccccc32)nn(-c2ccccc2)c(=O)c1C#N. The van der Waals surface area contributed by atoms with Crippen LogP contribution in [0.3, 0.4) is 0 Å². The van der Waals surface area contributed by atoms with Crippen molar-refractivity contribution in [3.63, 3.8) is 0 Å². The minimum atomic E-state index is -0.431. The molecule has 2 aromatic heterocycles. The molecule has 0 radical (unpaired) electrons. The summed E-state index contributed by atoms with van der Waals surface area (Å²) in [5.41, 5.74) is 2.46. The van der Waals surface area contributed by atoms with Crippen LogP contribution >= 0.6 is 0 Å². The van der Waals surface area contributed by atoms with Crippen LogP contribution in [-0.4, -0.2) is 19.3 Å². The summed E-state index contributed by atoms with van der Waals surface area (Å²) in [6, 6.07) is 18.7. The van der Waals surface area contributed by atoms with Crippen molar-refractivity contribution < 1.29 is 0 Å². The molecule has 0 N–H and O–H groups in total. The van der Waals surface area contributed by atoms with E-state index in [2.05, 4.69) is 10.1 Å². The third-order valence-electron chi connectivity index (χ3n) is 4.11. The predicted molar refractivity (Wildman–Crippen MR) is 93.9 cm³/mol. The molecule has 0 aliphatic heterocycles. The van der Waals surface area contributed by atoms with Crippen LogP contribution in [0.15, 0.2) is 65.7 Å². The van der Waals surface area contributed by atoms with Crippen molar-refractivity contribution >= 4 is 11.0 Å². The Labute approximate surface area is 143 Å². The van der Waals surface area contributed by atoms with E-state index in [0.29, 0.717) is 17.1 Å². The van der Waals surface area contributed by atoms with Gasteiger partial charge in [0.15, 0.2) is 5.82 Å². The monoisotopic (exact) mass is 327 g/mol. The highest BCUT2D eigenvalue weighted by molar-refractivity contribution is 5.77. The molecule has 0 aliphatic rings. The van der Waals surface area contributed by atoms with Gasteiger partial charge in [-0.15, -0.1) is 5.10 Å². The van der Waals surface area contributed by atoms with Gasteiger partial charge in [0.25, 0.3) is 5.56 Å². The Balaban J connectivity index is 2.07. The third kappa shape index (κ3) is 2.30. The molecule has 4 rings (SSSR count). The number of fused-ring (bicyclic) bond motifs is 1. The van der Waals surface area contributed by atoms with Gasteiger partial charge in [0.1, 0.15) is 18.0 Å². The molecular weight excluding hydrogens is 314 g/mol. The molecule has 0 aliphatic carbocycles. The highest BCUT2D eigenvalue weighted by atomic mass is 16.1. The average molecular weight is 327 g/mol. The Kier molecular flexibility index (Phi) is 3.40. The van der Waals surface area contributed by atoms with Gasteiger partial charge < -0.3 is 0 Å². The second-order valence-electron chi connectivity index (χ2n) is 5.59. The smallest absolute Gasteiger partial charge is 0.281 e. The summed E-state index contributed by atoms with van der Waals surface area (Å²) in [5, 5.41) is 14.0. The fourth-order valence-electron chi connectivity index (χ4n) is 2.83. The summed E-state index contributed by atoms with van der Waals surface area (Å²) in [5.74, 6) is 0.508. The van der Waals surface area contributed by atoms with Crippen molar-refractivity contribution in [2.75, 3.05) is 0 Å². The molecule has 25 heavy (non-hydrogen) atoms. The minimum absolute atomic E-state index is 0.0756. The van der Waals surface area contributed by atoms with Crippen molar-refractivity contribution in [2.45, 2.75) is 6.92 Å². The molecule has 0 fully saturated rings. The number of hydrogen-bond donors (Lipinski definition) is 0. The lowest BCUT2D eigenvalue weighted by Gasteiger charge is -2.12. The molecule has 0 spiro atoms. The Morgan fingerprint density at radius 1 is 1.04 bits per heavy atom. The van der Waals surface area contributed by atoms with Crippen molar-refractivity contribution in [1.82, 2.24) is 19.3 Å². The molecule has 4 aromatic rings. The van der Waals surface area contributed by atoms with Gasteiger partial charge in [-0.3, -0.25) is 9.36 Å². The van der Waals surface area contributed by atoms with Gasteiger partial charge in [0, 0.05) is 5.56 Å². The zero-order chi connectivity index (χ0) is 17.4. The van der Waals surface area contributed by atoms with Crippen LogP contribution in [0.1, 0.15) is 11.1 Å². The largest absolute Gasteiger partial charge is 0.289 e. The normalized spacial score (nSPS) is 10.7. The number of nitriles is 1. The molecule has 0 saturated carbocycles. The molecule has 0 atom stereocenters. The summed E-state index contributed by atoms with van der Waals surface area (Å²) < 4.78 is 3.06. The highest BCUT2D eigenvalue weighted by Crippen LogP contribution is 2.20. The van der Waals surface area contributed by atoms with Gasteiger partial charge in [0.05, 0.1) is 16.7 Å². The lowest BCUT2D eigenvalue weighted by molar-refractivity contribution is 0.766. The van der Waals surface area contributed by atoms with Gasteiger partial charge in [-0.25, -0.2) is 4.98 Å². The second kappa shape index (κ2) is 5.73. The number of aromatic nitrogens is 4. The lowest BCUT2D eigenvalue weighted by Crippen LogP contribution is -2.27. The maximum absolute atomic E-state index is 12.7. The molecule has 6 heteroatoms. The molecule has 120 valence electrons. The predicted octanol–water partition coefficient (Wildman–Crippen LogP) is 2.75. The fourth-order valence-corrected chi connectivity index (χ4v) is 2.83. The van der Waals surface area contributed by atoms with E-state index in [1.54, 1.807) is 30.0 Å². The van der Waals surface area contributed by atoms with E-state index in [-0.39, 0.29) is 5.56 Å². The topological polar surface area (TPSA) is 76.5 Å². The number of rotatable bonds is 2. The van der Waals surface area contributed by atoms with Gasteiger partial charge in [-0.05, 0) is 31.2 Å². The van der Waals surface area contributed by atoms with Crippen LogP contribution in [0.25, 0.3) is 22.5 Å². The molecule has 0 bridgehead atoms. The number of nitrogens with zero attached hydrogens (tertiary/aromatic N) is 5. The number of para-hydroxylation sites is 3. The summed E-state index contributed by atoms with van der Waals surface area (Å²) >= 11 is 0. The van der Waals surface area contributed by atoms with Gasteiger partial charge in [-0.1, -0.05) is 30.3 Å². The first-order valence-corrected chi connectivity index (χ1v) is 7.72. The molecule has 2 heterocycles. The van der Waals surface area contributed by atoms with Gasteiger partial charge in [-0.2, -0.15) is 9.94 Å². The van der Waals surface area contributed by atoms with Crippen LogP contribution in [0.5, 0.6) is 0 Å². The van der Waals surface area contributed by atoms with Crippen LogP contribution in [0.2, 0.25) is 0 Å². The maximum Gasteiger partial charge on any atom is 0.289 e. The number of hydrogen-bond acceptors (Lipinski definition) is 4. The van der Waals surface area contributed by atoms with Crippen molar-refractivity contribution in [3.8, 4) is 17.6 Å². The van der Waals surface area contributed by atoms with Gasteiger partial charge in [0.2, 0.25) is 0 Å². The summed E-state index contributed by atoms with van der Waals surface area (Å²) in [6.07, 6.45) is 1.65. The minimum Gasteiger partial charge on any atom is -0.281 e. The van der Waals surface area contributed by atoms with Crippen molar-refractivity contribution in [2.24, 2.45) is 0 Å². The van der Waals surface area contributed by atoms with Crippen LogP contribution < -0.4 is 5.56 Å². The quantitative estimate of drug-likeness (QED) is 0.567. The van der Waals surface area contributed by atoms with E-state index in [9.17, 15) is 10.1 Å². The Hall–Kier alpha value is -3.72. The molecule has 0 amide bonds. The zero-order valence-corrected chi connectivity index (χ0v) is 13.4. The summed E-state index contributed by atoms with van der Waals surface area (Å²) in [4.78, 5) is 17.0. The van der Waals surface area contributed by atoms with Crippen LogP contribution in [0, 0.1) is 18.3 Å². The Morgan fingerprint density at radius 2 is 1.76 bits per heavy atom.